The molecule has 1 saturated carbocycles. The molecule has 1 heterocycles. The molecule has 0 saturated heterocycles. The summed E-state index contributed by atoms with van der Waals surface area (Å²) in [4.78, 5) is 0. The van der Waals surface area contributed by atoms with E-state index in [0.29, 0.717) is 0 Å². The number of ether oxygens (including phenoxy) is 2. The second-order valence-corrected chi connectivity index (χ2v) is 5.49. The Labute approximate surface area is 121 Å². The predicted molar refractivity (Wildman–Crippen MR) is 71.5 cm³/mol. The Bertz CT molecular complexity index is 395. The smallest absolute Gasteiger partial charge is 0.218 e. The molecule has 0 aromatic carbocycles. The minimum Gasteiger partial charge on any atom is -0.465 e. The van der Waals surface area contributed by atoms with Crippen molar-refractivity contribution in [3.05, 3.63) is 11.8 Å². The normalized spacial score (nSPS) is 47.7. The summed E-state index contributed by atoms with van der Waals surface area (Å²) in [5.74, 6) is 0.116. The van der Waals surface area contributed by atoms with Gasteiger partial charge in [-0.3, -0.25) is 0 Å². The molecule has 0 bridgehead atoms. The van der Waals surface area contributed by atoms with E-state index < -0.39 is 55.4 Å². The molecule has 0 spiro atoms. The summed E-state index contributed by atoms with van der Waals surface area (Å²) >= 11 is 0. The van der Waals surface area contributed by atoms with E-state index in [0.717, 1.165) is 0 Å². The molecular weight excluding hydrogens is 282 g/mol. The van der Waals surface area contributed by atoms with Crippen molar-refractivity contribution in [2.24, 2.45) is 17.2 Å². The minimum absolute atomic E-state index is 0.116. The minimum atomic E-state index is -1.29. The van der Waals surface area contributed by atoms with Crippen molar-refractivity contribution >= 4 is 0 Å². The fraction of sp³-hybridized carbons (Fsp3) is 0.833. The number of hydrogen-bond acceptors (Lipinski definition) is 9. The highest BCUT2D eigenvalue weighted by Gasteiger charge is 2.44. The Morgan fingerprint density at radius 2 is 1.81 bits per heavy atom. The zero-order valence-electron chi connectivity index (χ0n) is 11.4. The van der Waals surface area contributed by atoms with Gasteiger partial charge in [0, 0.05) is 12.1 Å². The van der Waals surface area contributed by atoms with Crippen LogP contribution >= 0.6 is 0 Å². The third kappa shape index (κ3) is 3.35. The van der Waals surface area contributed by atoms with Crippen LogP contribution in [-0.4, -0.2) is 75.9 Å². The van der Waals surface area contributed by atoms with Crippen LogP contribution in [0.4, 0.5) is 0 Å². The number of hydrogen-bond donors (Lipinski definition) is 7. The number of aliphatic hydroxyl groups excluding tert-OH is 4. The molecule has 3 unspecified atom stereocenters. The SMILES string of the molecule is NC1C[C@@H](N)[C@@H](O)C(O)[C@@H]1O[C@H]1OC(CO)=C[C@H](O)C1N. The molecule has 1 aliphatic carbocycles. The maximum Gasteiger partial charge on any atom is 0.218 e. The van der Waals surface area contributed by atoms with Crippen LogP contribution in [-0.2, 0) is 9.47 Å². The summed E-state index contributed by atoms with van der Waals surface area (Å²) in [6.07, 6.45) is -4.02. The topological polar surface area (TPSA) is 177 Å². The van der Waals surface area contributed by atoms with Gasteiger partial charge < -0.3 is 47.1 Å². The van der Waals surface area contributed by atoms with E-state index >= 15 is 0 Å². The molecule has 0 radical (unpaired) electrons. The van der Waals surface area contributed by atoms with Gasteiger partial charge in [0.05, 0.1) is 18.2 Å². The van der Waals surface area contributed by atoms with Gasteiger partial charge in [-0.2, -0.15) is 0 Å². The second-order valence-electron chi connectivity index (χ2n) is 5.49. The van der Waals surface area contributed by atoms with Crippen LogP contribution in [0.2, 0.25) is 0 Å². The van der Waals surface area contributed by atoms with E-state index in [1.165, 1.54) is 6.08 Å². The monoisotopic (exact) mass is 305 g/mol. The summed E-state index contributed by atoms with van der Waals surface area (Å²) in [7, 11) is 0. The first kappa shape index (κ1) is 16.6. The molecule has 9 heteroatoms. The Hall–Kier alpha value is -0.780. The van der Waals surface area contributed by atoms with Crippen LogP contribution in [0.5, 0.6) is 0 Å². The van der Waals surface area contributed by atoms with Gasteiger partial charge in [-0.15, -0.1) is 0 Å². The van der Waals surface area contributed by atoms with E-state index in [1.807, 2.05) is 0 Å². The van der Waals surface area contributed by atoms with Crippen LogP contribution in [0.1, 0.15) is 6.42 Å². The van der Waals surface area contributed by atoms with Crippen LogP contribution in [0.25, 0.3) is 0 Å². The van der Waals surface area contributed by atoms with Crippen LogP contribution in [0.3, 0.4) is 0 Å². The summed E-state index contributed by atoms with van der Waals surface area (Å²) < 4.78 is 10.8. The average Bonchev–Trinajstić information content (AvgIpc) is 2.45. The van der Waals surface area contributed by atoms with Gasteiger partial charge in [-0.25, -0.2) is 0 Å². The number of nitrogens with two attached hydrogens (primary N) is 3. The van der Waals surface area contributed by atoms with Crippen molar-refractivity contribution in [1.29, 1.82) is 0 Å². The highest BCUT2D eigenvalue weighted by Crippen LogP contribution is 2.25. The van der Waals surface area contributed by atoms with Crippen molar-refractivity contribution in [3.63, 3.8) is 0 Å². The van der Waals surface area contributed by atoms with Crippen molar-refractivity contribution in [2.45, 2.75) is 55.3 Å². The highest BCUT2D eigenvalue weighted by molar-refractivity contribution is 5.07. The Balaban J connectivity index is 2.08. The van der Waals surface area contributed by atoms with Gasteiger partial charge in [0.15, 0.2) is 0 Å². The van der Waals surface area contributed by atoms with Crippen molar-refractivity contribution in [2.75, 3.05) is 6.61 Å². The lowest BCUT2D eigenvalue weighted by Crippen LogP contribution is -2.64. The van der Waals surface area contributed by atoms with E-state index in [-0.39, 0.29) is 12.2 Å². The van der Waals surface area contributed by atoms with E-state index in [2.05, 4.69) is 0 Å². The molecule has 1 aliphatic heterocycles. The molecule has 10 N–H and O–H groups in total. The quantitative estimate of drug-likeness (QED) is 0.274. The highest BCUT2D eigenvalue weighted by atomic mass is 16.7. The third-order valence-corrected chi connectivity index (χ3v) is 3.87. The summed E-state index contributed by atoms with van der Waals surface area (Å²) in [5.41, 5.74) is 17.3. The third-order valence-electron chi connectivity index (χ3n) is 3.87. The van der Waals surface area contributed by atoms with E-state index in [1.54, 1.807) is 0 Å². The van der Waals surface area contributed by atoms with Gasteiger partial charge >= 0.3 is 0 Å². The fourth-order valence-electron chi connectivity index (χ4n) is 2.56. The lowest BCUT2D eigenvalue weighted by molar-refractivity contribution is -0.226. The van der Waals surface area contributed by atoms with E-state index in [4.69, 9.17) is 31.8 Å². The zero-order valence-corrected chi connectivity index (χ0v) is 11.4. The van der Waals surface area contributed by atoms with Crippen LogP contribution in [0.15, 0.2) is 11.8 Å². The van der Waals surface area contributed by atoms with Crippen molar-refractivity contribution in [1.82, 2.24) is 0 Å². The van der Waals surface area contributed by atoms with Crippen molar-refractivity contribution in [3.8, 4) is 0 Å². The molecule has 8 atom stereocenters. The predicted octanol–water partition coefficient (Wildman–Crippen LogP) is -3.93. The first-order valence-electron chi connectivity index (χ1n) is 6.79. The summed E-state index contributed by atoms with van der Waals surface area (Å²) in [6.45, 7) is -0.420. The van der Waals surface area contributed by atoms with E-state index in [9.17, 15) is 15.3 Å². The standard InChI is InChI=1S/C12H23N3O6/c13-5-2-6(14)11(10(19)9(5)18)21-12-8(15)7(17)1-4(3-16)20-12/h1,5-12,16-19H,2-3,13-15H2/t5-,6?,7+,8?,9-,10?,11-,12-/m1/s1. The van der Waals surface area contributed by atoms with Crippen LogP contribution < -0.4 is 17.2 Å². The molecule has 1 fully saturated rings. The Kier molecular flexibility index (Phi) is 5.17. The fourth-order valence-corrected chi connectivity index (χ4v) is 2.56. The van der Waals surface area contributed by atoms with Crippen molar-refractivity contribution < 1.29 is 29.9 Å². The molecule has 0 aromatic heterocycles. The number of rotatable bonds is 3. The zero-order chi connectivity index (χ0) is 15.7. The lowest BCUT2D eigenvalue weighted by atomic mass is 9.84. The summed E-state index contributed by atoms with van der Waals surface area (Å²) in [6, 6.07) is -2.17. The average molecular weight is 305 g/mol. The Morgan fingerprint density at radius 3 is 2.43 bits per heavy atom. The van der Waals surface area contributed by atoms with Gasteiger partial charge in [-0.1, -0.05) is 0 Å². The van der Waals surface area contributed by atoms with Gasteiger partial charge in [0.1, 0.15) is 24.6 Å². The molecule has 2 rings (SSSR count). The molecule has 122 valence electrons. The Morgan fingerprint density at radius 1 is 1.14 bits per heavy atom. The molecule has 2 aliphatic rings. The largest absolute Gasteiger partial charge is 0.465 e. The van der Waals surface area contributed by atoms with Gasteiger partial charge in [-0.05, 0) is 12.5 Å². The molecule has 0 amide bonds. The van der Waals surface area contributed by atoms with Gasteiger partial charge in [0.2, 0.25) is 6.29 Å². The molecule has 21 heavy (non-hydrogen) atoms. The van der Waals surface area contributed by atoms with Gasteiger partial charge in [0.25, 0.3) is 0 Å². The lowest BCUT2D eigenvalue weighted by Gasteiger charge is -2.43. The second kappa shape index (κ2) is 6.55. The summed E-state index contributed by atoms with van der Waals surface area (Å²) in [5, 5.41) is 38.7. The maximum absolute atomic E-state index is 10.0. The first-order valence-corrected chi connectivity index (χ1v) is 6.79. The van der Waals surface area contributed by atoms with Crippen LogP contribution in [0, 0.1) is 0 Å². The maximum atomic E-state index is 10.0. The number of aliphatic hydroxyl groups is 4. The molecule has 0 aromatic rings. The molecular formula is C12H23N3O6. The first-order chi connectivity index (χ1) is 9.85. The molecule has 9 nitrogen and oxygen atoms in total.